The number of hydrogen-bond acceptors (Lipinski definition) is 14. The van der Waals surface area contributed by atoms with E-state index in [1.165, 1.54) is 27.7 Å². The second kappa shape index (κ2) is 25.9. The predicted octanol–water partition coefficient (Wildman–Crippen LogP) is 4.39. The molecule has 0 fully saturated rings. The Kier molecular flexibility index (Phi) is 23.0. The second-order valence-electron chi connectivity index (χ2n) is 17.1. The van der Waals surface area contributed by atoms with Crippen molar-refractivity contribution in [3.8, 4) is 0 Å². The summed E-state index contributed by atoms with van der Waals surface area (Å²) < 4.78 is 41.7. The number of nitrogens with two attached hydrogens (primary N) is 2. The standard InChI is InChI=1S/C45H75N3O11/c1-29(46)20-55-32(4)23-53-27-40(59-26-35(7)56-21-30(2)47)28-54-24-33(5)58-25-34(6)57-22-31(3)48-41(36-12-16-38(17-13-36)42(49)44(8,9)51)37-14-18-39(19-15-37)43(50)45(10,11)52/h12-19,29-35,40-41,48,51-52H,20-28,46-47H2,1-11H3. The molecule has 0 bridgehead atoms. The molecule has 2 aromatic rings. The van der Waals surface area contributed by atoms with E-state index in [9.17, 15) is 19.8 Å². The van der Waals surface area contributed by atoms with Gasteiger partial charge in [0.2, 0.25) is 0 Å². The molecule has 0 spiro atoms. The predicted molar refractivity (Wildman–Crippen MR) is 229 cm³/mol. The van der Waals surface area contributed by atoms with Crippen LogP contribution < -0.4 is 16.8 Å². The van der Waals surface area contributed by atoms with Crippen LogP contribution in [-0.2, 0) is 33.2 Å². The Bertz CT molecular complexity index is 1410. The highest BCUT2D eigenvalue weighted by molar-refractivity contribution is 6.02. The minimum absolute atomic E-state index is 0.0499. The van der Waals surface area contributed by atoms with Crippen molar-refractivity contribution in [2.24, 2.45) is 11.5 Å². The Balaban J connectivity index is 1.95. The van der Waals surface area contributed by atoms with Crippen LogP contribution in [0.15, 0.2) is 48.5 Å². The minimum Gasteiger partial charge on any atom is -0.382 e. The van der Waals surface area contributed by atoms with Crippen molar-refractivity contribution in [3.05, 3.63) is 70.8 Å². The van der Waals surface area contributed by atoms with Crippen LogP contribution in [0.2, 0.25) is 0 Å². The van der Waals surface area contributed by atoms with Gasteiger partial charge in [0.25, 0.3) is 0 Å². The van der Waals surface area contributed by atoms with Crippen LogP contribution in [0.3, 0.4) is 0 Å². The van der Waals surface area contributed by atoms with E-state index in [2.05, 4.69) is 5.32 Å². The highest BCUT2D eigenvalue weighted by Crippen LogP contribution is 2.26. The fraction of sp³-hybridized carbons (Fsp3) is 0.689. The van der Waals surface area contributed by atoms with Crippen LogP contribution in [0.5, 0.6) is 0 Å². The Morgan fingerprint density at radius 1 is 0.525 bits per heavy atom. The minimum atomic E-state index is -1.50. The molecule has 0 radical (unpaired) electrons. The number of carbonyl (C=O) groups is 2. The number of rotatable bonds is 31. The van der Waals surface area contributed by atoms with Crippen molar-refractivity contribution in [1.29, 1.82) is 0 Å². The van der Waals surface area contributed by atoms with Crippen LogP contribution >= 0.6 is 0 Å². The normalized spacial score (nSPS) is 16.6. The maximum absolute atomic E-state index is 12.7. The van der Waals surface area contributed by atoms with Crippen molar-refractivity contribution in [1.82, 2.24) is 5.32 Å². The van der Waals surface area contributed by atoms with Gasteiger partial charge in [0, 0.05) is 29.3 Å². The van der Waals surface area contributed by atoms with E-state index in [1.54, 1.807) is 24.3 Å². The second-order valence-corrected chi connectivity index (χ2v) is 17.1. The van der Waals surface area contributed by atoms with Gasteiger partial charge in [-0.05, 0) is 87.3 Å². The summed E-state index contributed by atoms with van der Waals surface area (Å²) in [7, 11) is 0. The molecule has 2 rings (SSSR count). The number of benzene rings is 2. The van der Waals surface area contributed by atoms with Crippen molar-refractivity contribution in [2.75, 3.05) is 59.5 Å². The molecule has 2 aromatic carbocycles. The highest BCUT2D eigenvalue weighted by Gasteiger charge is 2.27. The lowest BCUT2D eigenvalue weighted by molar-refractivity contribution is -0.112. The number of hydrogen-bond donors (Lipinski definition) is 5. The van der Waals surface area contributed by atoms with Gasteiger partial charge in [-0.2, -0.15) is 0 Å². The number of ketones is 2. The summed E-state index contributed by atoms with van der Waals surface area (Å²) in [6, 6.07) is 13.6. The van der Waals surface area contributed by atoms with E-state index < -0.39 is 11.2 Å². The van der Waals surface area contributed by atoms with Crippen LogP contribution in [0, 0.1) is 0 Å². The topological polar surface area (TPSA) is 203 Å². The van der Waals surface area contributed by atoms with Gasteiger partial charge in [-0.25, -0.2) is 0 Å². The lowest BCUT2D eigenvalue weighted by Crippen LogP contribution is -2.36. The van der Waals surface area contributed by atoms with Gasteiger partial charge in [-0.3, -0.25) is 9.59 Å². The zero-order valence-corrected chi connectivity index (χ0v) is 37.4. The van der Waals surface area contributed by atoms with Gasteiger partial charge in [-0.15, -0.1) is 0 Å². The highest BCUT2D eigenvalue weighted by atomic mass is 16.6. The number of Topliss-reactive ketones (excluding diaryl/α,β-unsaturated/α-hetero) is 2. The lowest BCUT2D eigenvalue weighted by Gasteiger charge is -2.26. The molecule has 0 aliphatic heterocycles. The molecule has 8 unspecified atom stereocenters. The van der Waals surface area contributed by atoms with E-state index in [0.717, 1.165) is 11.1 Å². The van der Waals surface area contributed by atoms with Crippen LogP contribution in [-0.4, -0.2) is 141 Å². The first-order chi connectivity index (χ1) is 27.6. The Morgan fingerprint density at radius 3 is 1.24 bits per heavy atom. The van der Waals surface area contributed by atoms with Gasteiger partial charge < -0.3 is 60.2 Å². The monoisotopic (exact) mass is 834 g/mol. The quantitative estimate of drug-likeness (QED) is 0.0670. The lowest BCUT2D eigenvalue weighted by atomic mass is 9.91. The molecule has 0 aliphatic rings. The summed E-state index contributed by atoms with van der Waals surface area (Å²) in [6.07, 6.45) is -1.00. The summed E-state index contributed by atoms with van der Waals surface area (Å²) in [4.78, 5) is 25.4. The van der Waals surface area contributed by atoms with E-state index in [-0.39, 0.29) is 66.3 Å². The van der Waals surface area contributed by atoms with E-state index in [1.807, 2.05) is 72.7 Å². The Hall–Kier alpha value is -2.70. The first-order valence-corrected chi connectivity index (χ1v) is 20.8. The first-order valence-electron chi connectivity index (χ1n) is 20.8. The van der Waals surface area contributed by atoms with E-state index in [4.69, 9.17) is 44.6 Å². The third-order valence-corrected chi connectivity index (χ3v) is 8.99. The van der Waals surface area contributed by atoms with Gasteiger partial charge >= 0.3 is 0 Å². The SMILES string of the molecule is CC(N)COC(C)COCC(COCC(C)OCC(C)OCC(C)NC(c1ccc(C(=O)C(C)(C)O)cc1)c1ccc(C(=O)C(C)(C)O)cc1)OCC(C)OCC(C)N. The third kappa shape index (κ3) is 21.1. The van der Waals surface area contributed by atoms with Crippen LogP contribution in [0.4, 0.5) is 0 Å². The van der Waals surface area contributed by atoms with Crippen LogP contribution in [0.25, 0.3) is 0 Å². The van der Waals surface area contributed by atoms with Crippen molar-refractivity contribution in [3.63, 3.8) is 0 Å². The first kappa shape index (κ1) is 52.4. The maximum atomic E-state index is 12.7. The number of carbonyl (C=O) groups excluding carboxylic acids is 2. The average Bonchev–Trinajstić information content (AvgIpc) is 3.17. The fourth-order valence-corrected chi connectivity index (χ4v) is 5.66. The molecule has 336 valence electrons. The molecule has 8 atom stereocenters. The van der Waals surface area contributed by atoms with Crippen molar-refractivity contribution >= 4 is 11.6 Å². The van der Waals surface area contributed by atoms with Gasteiger partial charge in [0.1, 0.15) is 17.3 Å². The molecule has 0 aromatic heterocycles. The Labute approximate surface area is 352 Å². The summed E-state index contributed by atoms with van der Waals surface area (Å²) in [5, 5.41) is 24.1. The smallest absolute Gasteiger partial charge is 0.193 e. The fourth-order valence-electron chi connectivity index (χ4n) is 5.66. The zero-order chi connectivity index (χ0) is 44.3. The van der Waals surface area contributed by atoms with E-state index >= 15 is 0 Å². The zero-order valence-electron chi connectivity index (χ0n) is 37.4. The molecule has 0 saturated heterocycles. The molecule has 0 saturated carbocycles. The Morgan fingerprint density at radius 2 is 0.864 bits per heavy atom. The van der Waals surface area contributed by atoms with Crippen molar-refractivity contribution < 1.29 is 53.0 Å². The number of aliphatic hydroxyl groups is 2. The van der Waals surface area contributed by atoms with Gasteiger partial charge in [0.15, 0.2) is 11.6 Å². The van der Waals surface area contributed by atoms with Gasteiger partial charge in [0.05, 0.1) is 89.9 Å². The number of ether oxygens (including phenoxy) is 7. The number of nitrogens with one attached hydrogen (secondary N) is 1. The maximum Gasteiger partial charge on any atom is 0.193 e. The average molecular weight is 834 g/mol. The third-order valence-electron chi connectivity index (χ3n) is 8.99. The summed E-state index contributed by atoms with van der Waals surface area (Å²) in [5.41, 5.74) is 11.2. The molecular formula is C45H75N3O11. The summed E-state index contributed by atoms with van der Waals surface area (Å²) in [6.45, 7) is 22.8. The molecule has 0 heterocycles. The summed E-state index contributed by atoms with van der Waals surface area (Å²) >= 11 is 0. The molecule has 7 N–H and O–H groups in total. The van der Waals surface area contributed by atoms with Gasteiger partial charge in [-0.1, -0.05) is 48.5 Å². The molecule has 14 heteroatoms. The largest absolute Gasteiger partial charge is 0.382 e. The molecular weight excluding hydrogens is 759 g/mol. The molecule has 0 aliphatic carbocycles. The molecule has 14 nitrogen and oxygen atoms in total. The summed E-state index contributed by atoms with van der Waals surface area (Å²) in [5.74, 6) is -0.750. The molecule has 59 heavy (non-hydrogen) atoms. The van der Waals surface area contributed by atoms with Crippen molar-refractivity contribution in [2.45, 2.75) is 142 Å². The van der Waals surface area contributed by atoms with Crippen LogP contribution in [0.1, 0.15) is 114 Å². The van der Waals surface area contributed by atoms with E-state index in [0.29, 0.717) is 70.6 Å². The molecule has 0 amide bonds.